The van der Waals surface area contributed by atoms with E-state index >= 15 is 0 Å². The van der Waals surface area contributed by atoms with E-state index in [0.29, 0.717) is 0 Å². The van der Waals surface area contributed by atoms with E-state index in [1.807, 2.05) is 30.3 Å². The molecule has 0 saturated heterocycles. The number of amidine groups is 1. The van der Waals surface area contributed by atoms with Crippen LogP contribution in [0, 0.1) is 0 Å². The SMILES string of the molecule is C=C(/C=C(\C(=C\c1ccccc1)n1c2ccc(-c3ccccc3)cc2c2cc(-c3ccccc3)ccc21)c1ccccc1)C1NC(c2ccc3oc4ccccc4c3c2)=NC(c2ccc3oc4ccccc4c3c2)N1. The summed E-state index contributed by atoms with van der Waals surface area (Å²) in [5.41, 5.74) is 17.1. The van der Waals surface area contributed by atoms with E-state index in [1.165, 1.54) is 21.9 Å². The van der Waals surface area contributed by atoms with Crippen LogP contribution in [0.4, 0.5) is 0 Å². The van der Waals surface area contributed by atoms with Gasteiger partial charge in [-0.05, 0) is 123 Å². The summed E-state index contributed by atoms with van der Waals surface area (Å²) >= 11 is 0. The van der Waals surface area contributed by atoms with E-state index < -0.39 is 12.3 Å². The molecule has 2 N–H and O–H groups in total. The van der Waals surface area contributed by atoms with Crippen molar-refractivity contribution < 1.29 is 8.83 Å². The molecule has 10 aromatic carbocycles. The Kier molecular flexibility index (Phi) is 10.8. The van der Waals surface area contributed by atoms with Gasteiger partial charge >= 0.3 is 0 Å². The van der Waals surface area contributed by atoms with E-state index in [1.54, 1.807) is 0 Å². The number of para-hydroxylation sites is 2. The highest BCUT2D eigenvalue weighted by Gasteiger charge is 2.28. The number of fused-ring (bicyclic) bond motifs is 9. The Morgan fingerprint density at radius 3 is 1.56 bits per heavy atom. The molecule has 2 atom stereocenters. The molecule has 14 rings (SSSR count). The number of allylic oxidation sites excluding steroid dienone is 2. The summed E-state index contributed by atoms with van der Waals surface area (Å²) in [7, 11) is 0. The van der Waals surface area contributed by atoms with Gasteiger partial charge in [0.25, 0.3) is 0 Å². The minimum Gasteiger partial charge on any atom is -0.456 e. The van der Waals surface area contributed by atoms with Gasteiger partial charge < -0.3 is 18.7 Å². The normalized spacial score (nSPS) is 15.3. The zero-order chi connectivity index (χ0) is 49.8. The van der Waals surface area contributed by atoms with Crippen LogP contribution in [0.1, 0.15) is 28.4 Å². The van der Waals surface area contributed by atoms with Crippen molar-refractivity contribution in [2.45, 2.75) is 12.3 Å². The van der Waals surface area contributed by atoms with Crippen LogP contribution >= 0.6 is 0 Å². The highest BCUT2D eigenvalue weighted by Crippen LogP contribution is 2.42. The second kappa shape index (κ2) is 18.4. The zero-order valence-electron chi connectivity index (χ0n) is 40.8. The number of aromatic nitrogens is 1. The van der Waals surface area contributed by atoms with Crippen LogP contribution in [0.25, 0.3) is 105 Å². The molecular weight excluding hydrogens is 917 g/mol. The van der Waals surface area contributed by atoms with Crippen LogP contribution in [0.2, 0.25) is 0 Å². The quantitative estimate of drug-likeness (QED) is 0.134. The number of nitrogens with one attached hydrogen (secondary N) is 2. The average molecular weight is 965 g/mol. The van der Waals surface area contributed by atoms with Crippen molar-refractivity contribution in [2.24, 2.45) is 4.99 Å². The molecule has 0 bridgehead atoms. The summed E-state index contributed by atoms with van der Waals surface area (Å²) in [6.07, 6.45) is 3.67. The third kappa shape index (κ3) is 8.01. The molecule has 75 heavy (non-hydrogen) atoms. The number of hydrogen-bond acceptors (Lipinski definition) is 5. The van der Waals surface area contributed by atoms with Crippen LogP contribution in [-0.4, -0.2) is 16.6 Å². The number of nitrogens with zero attached hydrogens (tertiary/aromatic N) is 2. The average Bonchev–Trinajstić information content (AvgIpc) is 4.15. The molecule has 1 aliphatic heterocycles. The molecule has 0 amide bonds. The Morgan fingerprint density at radius 2 is 0.947 bits per heavy atom. The predicted octanol–water partition coefficient (Wildman–Crippen LogP) is 17.2. The largest absolute Gasteiger partial charge is 0.456 e. The van der Waals surface area contributed by atoms with Crippen LogP contribution in [0.15, 0.2) is 275 Å². The summed E-state index contributed by atoms with van der Waals surface area (Å²) < 4.78 is 15.0. The molecule has 13 aromatic rings. The maximum absolute atomic E-state index is 6.29. The second-order valence-electron chi connectivity index (χ2n) is 19.3. The topological polar surface area (TPSA) is 67.6 Å². The van der Waals surface area contributed by atoms with Gasteiger partial charge in [0.05, 0.1) is 16.7 Å². The fourth-order valence-corrected chi connectivity index (χ4v) is 10.9. The highest BCUT2D eigenvalue weighted by atomic mass is 16.3. The highest BCUT2D eigenvalue weighted by molar-refractivity contribution is 6.18. The molecule has 0 aliphatic carbocycles. The number of aliphatic imine (C=N–C) groups is 1. The van der Waals surface area contributed by atoms with Crippen molar-refractivity contribution in [3.8, 4) is 22.3 Å². The monoisotopic (exact) mass is 964 g/mol. The summed E-state index contributed by atoms with van der Waals surface area (Å²) in [5, 5.41) is 14.3. The predicted molar refractivity (Wildman–Crippen MR) is 311 cm³/mol. The van der Waals surface area contributed by atoms with Crippen molar-refractivity contribution in [1.29, 1.82) is 0 Å². The lowest BCUT2D eigenvalue weighted by molar-refractivity contribution is 0.443. The second-order valence-corrected chi connectivity index (χ2v) is 19.3. The van der Waals surface area contributed by atoms with Gasteiger partial charge in [-0.2, -0.15) is 0 Å². The third-order valence-corrected chi connectivity index (χ3v) is 14.6. The van der Waals surface area contributed by atoms with Gasteiger partial charge in [-0.15, -0.1) is 0 Å². The molecule has 6 heteroatoms. The van der Waals surface area contributed by atoms with Crippen molar-refractivity contribution in [1.82, 2.24) is 15.2 Å². The third-order valence-electron chi connectivity index (χ3n) is 14.6. The molecule has 6 nitrogen and oxygen atoms in total. The Morgan fingerprint density at radius 1 is 0.453 bits per heavy atom. The molecule has 3 aromatic heterocycles. The van der Waals surface area contributed by atoms with Gasteiger partial charge in [0.1, 0.15) is 40.5 Å². The first kappa shape index (κ1) is 44.0. The first-order valence-corrected chi connectivity index (χ1v) is 25.4. The van der Waals surface area contributed by atoms with Gasteiger partial charge in [0.15, 0.2) is 0 Å². The van der Waals surface area contributed by atoms with Crippen LogP contribution < -0.4 is 10.6 Å². The molecule has 356 valence electrons. The van der Waals surface area contributed by atoms with E-state index in [9.17, 15) is 0 Å². The van der Waals surface area contributed by atoms with E-state index in [2.05, 4.69) is 240 Å². The Bertz CT molecular complexity index is 4330. The van der Waals surface area contributed by atoms with Gasteiger partial charge in [-0.1, -0.05) is 183 Å². The van der Waals surface area contributed by atoms with Crippen molar-refractivity contribution in [3.05, 3.63) is 283 Å². The minimum absolute atomic E-state index is 0.444. The van der Waals surface area contributed by atoms with Gasteiger partial charge in [-0.3, -0.25) is 5.32 Å². The summed E-state index contributed by atoms with van der Waals surface area (Å²) in [5.74, 6) is 0.745. The van der Waals surface area contributed by atoms with Crippen molar-refractivity contribution >= 4 is 88.9 Å². The Balaban J connectivity index is 0.954. The zero-order valence-corrected chi connectivity index (χ0v) is 40.8. The van der Waals surface area contributed by atoms with Crippen molar-refractivity contribution in [2.75, 3.05) is 0 Å². The minimum atomic E-state index is -0.451. The summed E-state index contributed by atoms with van der Waals surface area (Å²) in [6, 6.07) is 85.4. The fraction of sp³-hybridized carbons (Fsp3) is 0.0290. The van der Waals surface area contributed by atoms with Gasteiger partial charge in [0.2, 0.25) is 0 Å². The molecule has 2 unspecified atom stereocenters. The van der Waals surface area contributed by atoms with Crippen LogP contribution in [0.5, 0.6) is 0 Å². The Hall–Kier alpha value is -9.75. The summed E-state index contributed by atoms with van der Waals surface area (Å²) in [6.45, 7) is 4.93. The molecular formula is C69H48N4O2. The molecule has 1 aliphatic rings. The van der Waals surface area contributed by atoms with Gasteiger partial charge in [0, 0.05) is 43.5 Å². The maximum Gasteiger partial charge on any atom is 0.135 e. The smallest absolute Gasteiger partial charge is 0.135 e. The molecule has 0 spiro atoms. The Labute approximate surface area is 433 Å². The number of hydrogen-bond donors (Lipinski definition) is 2. The van der Waals surface area contributed by atoms with E-state index in [-0.39, 0.29) is 0 Å². The van der Waals surface area contributed by atoms with Gasteiger partial charge in [-0.25, -0.2) is 4.99 Å². The van der Waals surface area contributed by atoms with Crippen LogP contribution in [-0.2, 0) is 0 Å². The van der Waals surface area contributed by atoms with E-state index in [0.717, 1.165) is 111 Å². The lowest BCUT2D eigenvalue weighted by atomic mass is 9.96. The fourth-order valence-electron chi connectivity index (χ4n) is 10.9. The molecule has 0 radical (unpaired) electrons. The lowest BCUT2D eigenvalue weighted by Crippen LogP contribution is -2.51. The first-order chi connectivity index (χ1) is 37.1. The number of rotatable bonds is 10. The number of benzene rings is 10. The first-order valence-electron chi connectivity index (χ1n) is 25.4. The lowest BCUT2D eigenvalue weighted by Gasteiger charge is -2.33. The molecule has 0 fully saturated rings. The van der Waals surface area contributed by atoms with Crippen LogP contribution in [0.3, 0.4) is 0 Å². The van der Waals surface area contributed by atoms with E-state index in [4.69, 9.17) is 20.4 Å². The standard InChI is InChI=1S/C69H48N4O2/c1-44(67-70-68(51-32-36-65-58(42-51)53-26-14-16-28-63(53)74-65)72-69(71-67)52-33-37-66-59(43-52)54-27-15-17-29-64(54)75-66)38-55(48-24-12-5-13-25-48)62(39-45-18-6-2-7-19-45)73-60-34-30-49(46-20-8-3-9-21-46)40-56(60)57-41-50(31-35-61(57)73)47-22-10-4-11-23-47/h2-43,67-68,70H,1H2,(H,71,72)/b55-38-,62-39-. The summed E-state index contributed by atoms with van der Waals surface area (Å²) in [4.78, 5) is 5.45. The molecule has 0 saturated carbocycles. The maximum atomic E-state index is 6.29. The number of furan rings is 2. The van der Waals surface area contributed by atoms with Crippen molar-refractivity contribution in [3.63, 3.8) is 0 Å². The molecule has 4 heterocycles.